The fourth-order valence-corrected chi connectivity index (χ4v) is 3.06. The van der Waals surface area contributed by atoms with Crippen LogP contribution in [-0.4, -0.2) is 5.11 Å². The molecule has 1 aromatic carbocycles. The van der Waals surface area contributed by atoms with Gasteiger partial charge in [-0.3, -0.25) is 0 Å². The van der Waals surface area contributed by atoms with Crippen molar-refractivity contribution in [3.8, 4) is 5.75 Å². The molecule has 0 bridgehead atoms. The molecule has 0 aromatic heterocycles. The lowest BCUT2D eigenvalue weighted by Crippen LogP contribution is -1.86. The second kappa shape index (κ2) is 15.3. The van der Waals surface area contributed by atoms with E-state index in [4.69, 9.17) is 0 Å². The molecule has 24 heavy (non-hydrogen) atoms. The molecule has 1 nitrogen and oxygen atoms in total. The van der Waals surface area contributed by atoms with Gasteiger partial charge >= 0.3 is 0 Å². The van der Waals surface area contributed by atoms with Crippen LogP contribution in [0.3, 0.4) is 0 Å². The van der Waals surface area contributed by atoms with Crippen molar-refractivity contribution >= 4 is 0 Å². The highest BCUT2D eigenvalue weighted by atomic mass is 16.3. The molecule has 0 unspecified atom stereocenters. The Morgan fingerprint density at radius 1 is 0.667 bits per heavy atom. The lowest BCUT2D eigenvalue weighted by molar-refractivity contribution is 0.475. The smallest absolute Gasteiger partial charge is 0.115 e. The lowest BCUT2D eigenvalue weighted by atomic mass is 10.0. The van der Waals surface area contributed by atoms with Gasteiger partial charge in [-0.05, 0) is 56.2 Å². The molecule has 1 aromatic rings. The topological polar surface area (TPSA) is 20.2 Å². The molecule has 0 aliphatic heterocycles. The van der Waals surface area contributed by atoms with E-state index in [-0.39, 0.29) is 0 Å². The second-order valence-electron chi connectivity index (χ2n) is 7.00. The summed E-state index contributed by atoms with van der Waals surface area (Å²) in [6, 6.07) is 7.64. The predicted octanol–water partition coefficient (Wildman–Crippen LogP) is 7.58. The lowest BCUT2D eigenvalue weighted by Gasteiger charge is -2.03. The second-order valence-corrected chi connectivity index (χ2v) is 7.00. The predicted molar refractivity (Wildman–Crippen MR) is 107 cm³/mol. The summed E-state index contributed by atoms with van der Waals surface area (Å²) in [5.41, 5.74) is 1.34. The van der Waals surface area contributed by atoms with Gasteiger partial charge in [-0.25, -0.2) is 0 Å². The minimum absolute atomic E-state index is 0.366. The summed E-state index contributed by atoms with van der Waals surface area (Å²) in [7, 11) is 0. The Morgan fingerprint density at radius 2 is 1.17 bits per heavy atom. The number of aromatic hydroxyl groups is 1. The van der Waals surface area contributed by atoms with Gasteiger partial charge < -0.3 is 5.11 Å². The molecule has 1 rings (SSSR count). The SMILES string of the molecule is CCCCCCC=CCCCCCCCCCc1ccc(O)cc1. The van der Waals surface area contributed by atoms with Crippen LogP contribution in [0.5, 0.6) is 5.75 Å². The summed E-state index contributed by atoms with van der Waals surface area (Å²) in [4.78, 5) is 0. The Balaban J connectivity index is 1.80. The summed E-state index contributed by atoms with van der Waals surface area (Å²) in [5.74, 6) is 0.366. The molecular weight excluding hydrogens is 292 g/mol. The number of aryl methyl sites for hydroxylation is 1. The Kier molecular flexibility index (Phi) is 13.3. The molecular formula is C23H38O. The van der Waals surface area contributed by atoms with E-state index in [0.29, 0.717) is 5.75 Å². The molecule has 0 atom stereocenters. The maximum Gasteiger partial charge on any atom is 0.115 e. The van der Waals surface area contributed by atoms with Crippen molar-refractivity contribution in [3.63, 3.8) is 0 Å². The molecule has 0 amide bonds. The third-order valence-electron chi connectivity index (χ3n) is 4.66. The first-order chi connectivity index (χ1) is 11.8. The first-order valence-corrected chi connectivity index (χ1v) is 10.3. The normalized spacial score (nSPS) is 11.4. The summed E-state index contributed by atoms with van der Waals surface area (Å²) >= 11 is 0. The van der Waals surface area contributed by atoms with Gasteiger partial charge in [0.05, 0.1) is 0 Å². The zero-order valence-corrected chi connectivity index (χ0v) is 15.8. The maximum absolute atomic E-state index is 9.26. The van der Waals surface area contributed by atoms with E-state index in [0.717, 1.165) is 6.42 Å². The van der Waals surface area contributed by atoms with Gasteiger partial charge in [0.15, 0.2) is 0 Å². The number of phenolic OH excluding ortho intramolecular Hbond substituents is 1. The van der Waals surface area contributed by atoms with E-state index in [1.807, 2.05) is 12.1 Å². The van der Waals surface area contributed by atoms with E-state index in [1.165, 1.54) is 89.0 Å². The average molecular weight is 331 g/mol. The minimum atomic E-state index is 0.366. The highest BCUT2D eigenvalue weighted by molar-refractivity contribution is 5.25. The van der Waals surface area contributed by atoms with Gasteiger partial charge in [0.1, 0.15) is 5.75 Å². The first-order valence-electron chi connectivity index (χ1n) is 10.3. The van der Waals surface area contributed by atoms with Crippen LogP contribution in [0.1, 0.15) is 96.0 Å². The van der Waals surface area contributed by atoms with E-state index in [9.17, 15) is 5.11 Å². The number of unbranched alkanes of at least 4 members (excludes halogenated alkanes) is 11. The number of hydrogen-bond donors (Lipinski definition) is 1. The summed E-state index contributed by atoms with van der Waals surface area (Å²) in [6.45, 7) is 2.27. The fraction of sp³-hybridized carbons (Fsp3) is 0.652. The van der Waals surface area contributed by atoms with Gasteiger partial charge in [0.2, 0.25) is 0 Å². The number of rotatable bonds is 15. The van der Waals surface area contributed by atoms with Crippen molar-refractivity contribution in [3.05, 3.63) is 42.0 Å². The molecule has 0 heterocycles. The monoisotopic (exact) mass is 330 g/mol. The van der Waals surface area contributed by atoms with Crippen molar-refractivity contribution in [2.75, 3.05) is 0 Å². The van der Waals surface area contributed by atoms with E-state index >= 15 is 0 Å². The van der Waals surface area contributed by atoms with Gasteiger partial charge in [-0.15, -0.1) is 0 Å². The number of benzene rings is 1. The zero-order valence-electron chi connectivity index (χ0n) is 15.8. The molecule has 0 radical (unpaired) electrons. The largest absolute Gasteiger partial charge is 0.508 e. The summed E-state index contributed by atoms with van der Waals surface area (Å²) in [6.07, 6.45) is 23.5. The van der Waals surface area contributed by atoms with Gasteiger partial charge in [-0.1, -0.05) is 82.6 Å². The third-order valence-corrected chi connectivity index (χ3v) is 4.66. The minimum Gasteiger partial charge on any atom is -0.508 e. The molecule has 136 valence electrons. The van der Waals surface area contributed by atoms with E-state index in [2.05, 4.69) is 19.1 Å². The molecule has 0 aliphatic rings. The van der Waals surface area contributed by atoms with E-state index < -0.39 is 0 Å². The van der Waals surface area contributed by atoms with Gasteiger partial charge in [0, 0.05) is 0 Å². The van der Waals surface area contributed by atoms with Crippen LogP contribution in [0.25, 0.3) is 0 Å². The van der Waals surface area contributed by atoms with E-state index in [1.54, 1.807) is 12.1 Å². The van der Waals surface area contributed by atoms with Crippen LogP contribution in [0.15, 0.2) is 36.4 Å². The van der Waals surface area contributed by atoms with Crippen LogP contribution in [0.4, 0.5) is 0 Å². The highest BCUT2D eigenvalue weighted by Gasteiger charge is 1.95. The third kappa shape index (κ3) is 12.2. The van der Waals surface area contributed by atoms with Crippen LogP contribution in [0, 0.1) is 0 Å². The number of hydrogen-bond acceptors (Lipinski definition) is 1. The Bertz CT molecular complexity index is 405. The molecule has 0 spiro atoms. The fourth-order valence-electron chi connectivity index (χ4n) is 3.06. The van der Waals surface area contributed by atoms with Crippen molar-refractivity contribution in [2.24, 2.45) is 0 Å². The molecule has 0 saturated carbocycles. The molecule has 0 aliphatic carbocycles. The summed E-state index contributed by atoms with van der Waals surface area (Å²) < 4.78 is 0. The maximum atomic E-state index is 9.26. The Labute approximate surface area is 150 Å². The van der Waals surface area contributed by atoms with Crippen LogP contribution >= 0.6 is 0 Å². The highest BCUT2D eigenvalue weighted by Crippen LogP contribution is 2.14. The molecule has 1 heteroatoms. The molecule has 0 saturated heterocycles. The van der Waals surface area contributed by atoms with Gasteiger partial charge in [0.25, 0.3) is 0 Å². The van der Waals surface area contributed by atoms with Crippen LogP contribution in [0.2, 0.25) is 0 Å². The first kappa shape index (κ1) is 20.8. The quantitative estimate of drug-likeness (QED) is 0.259. The standard InChI is InChI=1S/C23H38O/c1-2-3-4-5-6-7-8-9-10-11-12-13-14-15-16-17-22-18-20-23(24)21-19-22/h7-8,18-21,24H,2-6,9-17H2,1H3. The Hall–Kier alpha value is -1.24. The average Bonchev–Trinajstić information content (AvgIpc) is 2.60. The zero-order chi connectivity index (χ0) is 17.3. The summed E-state index contributed by atoms with van der Waals surface area (Å²) in [5, 5.41) is 9.26. The van der Waals surface area contributed by atoms with Crippen molar-refractivity contribution in [1.82, 2.24) is 0 Å². The van der Waals surface area contributed by atoms with Crippen molar-refractivity contribution in [1.29, 1.82) is 0 Å². The number of phenols is 1. The Morgan fingerprint density at radius 3 is 1.75 bits per heavy atom. The molecule has 1 N–H and O–H groups in total. The van der Waals surface area contributed by atoms with Crippen LogP contribution in [-0.2, 0) is 6.42 Å². The van der Waals surface area contributed by atoms with Crippen LogP contribution < -0.4 is 0 Å². The van der Waals surface area contributed by atoms with Crippen molar-refractivity contribution < 1.29 is 5.11 Å². The molecule has 0 fully saturated rings. The number of allylic oxidation sites excluding steroid dienone is 2. The van der Waals surface area contributed by atoms with Gasteiger partial charge in [-0.2, -0.15) is 0 Å². The van der Waals surface area contributed by atoms with Crippen molar-refractivity contribution in [2.45, 2.75) is 96.8 Å².